The standard InChI is InChI=1S/C12H16ClNO4S/c1-2-5-14(6-7-15)19(17,18)12-8-10(9-16)3-4-11(12)13/h2-4,8,15-16H,1,5-7,9H2. The van der Waals surface area contributed by atoms with Gasteiger partial charge in [-0.25, -0.2) is 8.42 Å². The van der Waals surface area contributed by atoms with Gasteiger partial charge < -0.3 is 10.2 Å². The Labute approximate surface area is 117 Å². The topological polar surface area (TPSA) is 77.8 Å². The molecule has 0 unspecified atom stereocenters. The van der Waals surface area contributed by atoms with Crippen molar-refractivity contribution in [3.63, 3.8) is 0 Å². The van der Waals surface area contributed by atoms with Crippen LogP contribution in [0.1, 0.15) is 5.56 Å². The number of aliphatic hydroxyl groups excluding tert-OH is 2. The third-order valence-electron chi connectivity index (χ3n) is 2.48. The average Bonchev–Trinajstić information content (AvgIpc) is 2.39. The second-order valence-corrected chi connectivity index (χ2v) is 6.11. The number of aliphatic hydroxyl groups is 2. The third kappa shape index (κ3) is 3.77. The molecular weight excluding hydrogens is 290 g/mol. The van der Waals surface area contributed by atoms with Gasteiger partial charge >= 0.3 is 0 Å². The second kappa shape index (κ2) is 7.02. The van der Waals surface area contributed by atoms with Gasteiger partial charge in [-0.05, 0) is 17.7 Å². The minimum Gasteiger partial charge on any atom is -0.395 e. The number of hydrogen-bond acceptors (Lipinski definition) is 4. The molecule has 0 aromatic heterocycles. The molecule has 106 valence electrons. The van der Waals surface area contributed by atoms with E-state index < -0.39 is 10.0 Å². The highest BCUT2D eigenvalue weighted by Crippen LogP contribution is 2.25. The summed E-state index contributed by atoms with van der Waals surface area (Å²) in [6.45, 7) is 2.93. The lowest BCUT2D eigenvalue weighted by atomic mass is 10.2. The first-order valence-electron chi connectivity index (χ1n) is 5.58. The summed E-state index contributed by atoms with van der Waals surface area (Å²) in [5.74, 6) is 0. The molecule has 19 heavy (non-hydrogen) atoms. The summed E-state index contributed by atoms with van der Waals surface area (Å²) in [7, 11) is -3.83. The van der Waals surface area contributed by atoms with E-state index >= 15 is 0 Å². The molecular formula is C12H16ClNO4S. The van der Waals surface area contributed by atoms with Crippen molar-refractivity contribution >= 4 is 21.6 Å². The maximum atomic E-state index is 12.4. The van der Waals surface area contributed by atoms with Gasteiger partial charge in [-0.3, -0.25) is 0 Å². The van der Waals surface area contributed by atoms with E-state index in [0.29, 0.717) is 5.56 Å². The van der Waals surface area contributed by atoms with E-state index in [2.05, 4.69) is 6.58 Å². The predicted molar refractivity (Wildman–Crippen MR) is 73.4 cm³/mol. The van der Waals surface area contributed by atoms with E-state index in [1.54, 1.807) is 6.07 Å². The highest BCUT2D eigenvalue weighted by molar-refractivity contribution is 7.89. The molecule has 0 aliphatic carbocycles. The van der Waals surface area contributed by atoms with Gasteiger partial charge in [0.05, 0.1) is 18.2 Å². The highest BCUT2D eigenvalue weighted by Gasteiger charge is 2.25. The normalized spacial score (nSPS) is 11.8. The summed E-state index contributed by atoms with van der Waals surface area (Å²) in [5.41, 5.74) is 0.450. The fourth-order valence-electron chi connectivity index (χ4n) is 1.55. The molecule has 0 bridgehead atoms. The van der Waals surface area contributed by atoms with Crippen LogP contribution >= 0.6 is 11.6 Å². The molecule has 0 saturated carbocycles. The zero-order chi connectivity index (χ0) is 14.5. The summed E-state index contributed by atoms with van der Waals surface area (Å²) >= 11 is 5.91. The van der Waals surface area contributed by atoms with Crippen LogP contribution in [0.5, 0.6) is 0 Å². The summed E-state index contributed by atoms with van der Waals surface area (Å²) in [4.78, 5) is -0.0870. The lowest BCUT2D eigenvalue weighted by molar-refractivity contribution is 0.260. The zero-order valence-electron chi connectivity index (χ0n) is 10.3. The van der Waals surface area contributed by atoms with Crippen LogP contribution in [0.25, 0.3) is 0 Å². The molecule has 0 aliphatic rings. The maximum Gasteiger partial charge on any atom is 0.244 e. The van der Waals surface area contributed by atoms with Gasteiger partial charge in [0, 0.05) is 13.1 Å². The van der Waals surface area contributed by atoms with Crippen molar-refractivity contribution in [3.8, 4) is 0 Å². The lowest BCUT2D eigenvalue weighted by Crippen LogP contribution is -2.34. The number of benzene rings is 1. The Morgan fingerprint density at radius 3 is 2.58 bits per heavy atom. The molecule has 0 atom stereocenters. The van der Waals surface area contributed by atoms with Gasteiger partial charge in [-0.15, -0.1) is 6.58 Å². The van der Waals surface area contributed by atoms with Gasteiger partial charge in [0.2, 0.25) is 10.0 Å². The molecule has 2 N–H and O–H groups in total. The van der Waals surface area contributed by atoms with Crippen molar-refractivity contribution in [2.24, 2.45) is 0 Å². The first kappa shape index (κ1) is 16.1. The van der Waals surface area contributed by atoms with Crippen LogP contribution in [0.15, 0.2) is 35.7 Å². The van der Waals surface area contributed by atoms with Gasteiger partial charge in [-0.2, -0.15) is 4.31 Å². The van der Waals surface area contributed by atoms with Crippen molar-refractivity contribution in [1.29, 1.82) is 0 Å². The Bertz CT molecular complexity index is 545. The van der Waals surface area contributed by atoms with Crippen LogP contribution in [-0.4, -0.2) is 42.6 Å². The molecule has 5 nitrogen and oxygen atoms in total. The van der Waals surface area contributed by atoms with E-state index in [4.69, 9.17) is 21.8 Å². The summed E-state index contributed by atoms with van der Waals surface area (Å²) < 4.78 is 25.9. The SMILES string of the molecule is C=CCN(CCO)S(=O)(=O)c1cc(CO)ccc1Cl. The molecule has 0 amide bonds. The summed E-state index contributed by atoms with van der Waals surface area (Å²) in [5, 5.41) is 18.1. The van der Waals surface area contributed by atoms with Crippen LogP contribution in [-0.2, 0) is 16.6 Å². The first-order chi connectivity index (χ1) is 8.97. The van der Waals surface area contributed by atoms with Crippen LogP contribution in [0, 0.1) is 0 Å². The summed E-state index contributed by atoms with van der Waals surface area (Å²) in [6, 6.07) is 4.29. The van der Waals surface area contributed by atoms with E-state index in [0.717, 1.165) is 4.31 Å². The predicted octanol–water partition coefficient (Wildman–Crippen LogP) is 1.00. The number of sulfonamides is 1. The quantitative estimate of drug-likeness (QED) is 0.737. The van der Waals surface area contributed by atoms with Crippen molar-refractivity contribution in [1.82, 2.24) is 4.31 Å². The molecule has 7 heteroatoms. The molecule has 1 rings (SSSR count). The van der Waals surface area contributed by atoms with Crippen molar-refractivity contribution < 1.29 is 18.6 Å². The Balaban J connectivity index is 3.27. The van der Waals surface area contributed by atoms with E-state index in [9.17, 15) is 8.42 Å². The lowest BCUT2D eigenvalue weighted by Gasteiger charge is -2.20. The van der Waals surface area contributed by atoms with Crippen molar-refractivity contribution in [3.05, 3.63) is 41.4 Å². The summed E-state index contributed by atoms with van der Waals surface area (Å²) in [6.07, 6.45) is 1.43. The Morgan fingerprint density at radius 1 is 1.37 bits per heavy atom. The molecule has 0 fully saturated rings. The first-order valence-corrected chi connectivity index (χ1v) is 7.40. The van der Waals surface area contributed by atoms with Gasteiger partial charge in [0.15, 0.2) is 0 Å². The van der Waals surface area contributed by atoms with Crippen molar-refractivity contribution in [2.75, 3.05) is 19.7 Å². The molecule has 0 saturated heterocycles. The second-order valence-electron chi connectivity index (χ2n) is 3.80. The number of hydrogen-bond donors (Lipinski definition) is 2. The minimum atomic E-state index is -3.83. The van der Waals surface area contributed by atoms with Gasteiger partial charge in [-0.1, -0.05) is 23.7 Å². The van der Waals surface area contributed by atoms with E-state index in [1.807, 2.05) is 0 Å². The Morgan fingerprint density at radius 2 is 2.05 bits per heavy atom. The average molecular weight is 306 g/mol. The fraction of sp³-hybridized carbons (Fsp3) is 0.333. The zero-order valence-corrected chi connectivity index (χ0v) is 11.9. The van der Waals surface area contributed by atoms with Gasteiger partial charge in [0.1, 0.15) is 4.90 Å². The minimum absolute atomic E-state index is 0.0476. The molecule has 1 aromatic rings. The molecule has 0 spiro atoms. The molecule has 0 aliphatic heterocycles. The van der Waals surface area contributed by atoms with Crippen LogP contribution in [0.2, 0.25) is 5.02 Å². The Hall–Kier alpha value is -0.920. The van der Waals surface area contributed by atoms with Crippen LogP contribution < -0.4 is 0 Å². The van der Waals surface area contributed by atoms with E-state index in [-0.39, 0.29) is 36.2 Å². The maximum absolute atomic E-state index is 12.4. The number of halogens is 1. The molecule has 0 radical (unpaired) electrons. The third-order valence-corrected chi connectivity index (χ3v) is 4.82. The van der Waals surface area contributed by atoms with Crippen LogP contribution in [0.3, 0.4) is 0 Å². The smallest absolute Gasteiger partial charge is 0.244 e. The van der Waals surface area contributed by atoms with Gasteiger partial charge in [0.25, 0.3) is 0 Å². The number of rotatable bonds is 7. The van der Waals surface area contributed by atoms with Crippen LogP contribution in [0.4, 0.5) is 0 Å². The fourth-order valence-corrected chi connectivity index (χ4v) is 3.47. The Kier molecular flexibility index (Phi) is 5.96. The largest absolute Gasteiger partial charge is 0.395 e. The van der Waals surface area contributed by atoms with Crippen molar-refractivity contribution in [2.45, 2.75) is 11.5 Å². The molecule has 1 aromatic carbocycles. The number of nitrogens with zero attached hydrogens (tertiary/aromatic N) is 1. The monoisotopic (exact) mass is 305 g/mol. The molecule has 0 heterocycles. The highest BCUT2D eigenvalue weighted by atomic mass is 35.5. The van der Waals surface area contributed by atoms with E-state index in [1.165, 1.54) is 18.2 Å².